The Bertz CT molecular complexity index is 896. The van der Waals surface area contributed by atoms with Crippen molar-refractivity contribution < 1.29 is 9.59 Å². The van der Waals surface area contributed by atoms with Crippen molar-refractivity contribution >= 4 is 90.7 Å². The van der Waals surface area contributed by atoms with Gasteiger partial charge in [0.25, 0.3) is 11.8 Å². The van der Waals surface area contributed by atoms with E-state index in [4.69, 9.17) is 18.0 Å². The number of hydrogen-bond acceptors (Lipinski definition) is 4. The third-order valence-electron chi connectivity index (χ3n) is 3.79. The number of halogens is 2. The summed E-state index contributed by atoms with van der Waals surface area (Å²) in [6, 6.07) is 5.61. The molecule has 130 valence electrons. The molecular weight excluding hydrogens is 584 g/mol. The molecule has 1 aromatic carbocycles. The molecule has 0 unspecified atom stereocenters. The summed E-state index contributed by atoms with van der Waals surface area (Å²) in [7, 11) is 0. The minimum Gasteiger partial charge on any atom is -0.365 e. The summed E-state index contributed by atoms with van der Waals surface area (Å²) in [5.74, 6) is -0.756. The number of primary amides is 1. The summed E-state index contributed by atoms with van der Waals surface area (Å²) in [6.45, 7) is 0. The first-order chi connectivity index (χ1) is 11.9. The molecule has 0 radical (unpaired) electrons. The number of amides is 2. The van der Waals surface area contributed by atoms with Crippen molar-refractivity contribution in [2.45, 2.75) is 19.3 Å². The molecule has 1 aromatic heterocycles. The minimum atomic E-state index is -0.469. The SMILES string of the molecule is NC(=O)c1c(NC(=S)NC(=O)c2cc(I)ccc2I)sc2c1CCC2. The van der Waals surface area contributed by atoms with E-state index in [1.54, 1.807) is 6.07 Å². The van der Waals surface area contributed by atoms with E-state index >= 15 is 0 Å². The predicted octanol–water partition coefficient (Wildman–Crippen LogP) is 3.67. The van der Waals surface area contributed by atoms with Crippen molar-refractivity contribution in [2.75, 3.05) is 5.32 Å². The van der Waals surface area contributed by atoms with Gasteiger partial charge in [-0.3, -0.25) is 14.9 Å². The van der Waals surface area contributed by atoms with Crippen molar-refractivity contribution in [3.8, 4) is 0 Å². The second-order valence-corrected chi connectivity index (χ2v) is 9.38. The average Bonchev–Trinajstić information content (AvgIpc) is 3.09. The van der Waals surface area contributed by atoms with E-state index in [0.29, 0.717) is 16.1 Å². The normalized spacial score (nSPS) is 12.6. The molecule has 1 aliphatic rings. The Kier molecular flexibility index (Phi) is 5.96. The van der Waals surface area contributed by atoms with Crippen molar-refractivity contribution in [3.63, 3.8) is 0 Å². The van der Waals surface area contributed by atoms with Crippen LogP contribution in [0.25, 0.3) is 0 Å². The van der Waals surface area contributed by atoms with E-state index in [1.165, 1.54) is 11.3 Å². The number of anilines is 1. The monoisotopic (exact) mass is 597 g/mol. The number of thiophene rings is 1. The van der Waals surface area contributed by atoms with Gasteiger partial charge in [0.05, 0.1) is 11.1 Å². The molecule has 1 heterocycles. The molecule has 5 nitrogen and oxygen atoms in total. The van der Waals surface area contributed by atoms with Crippen LogP contribution in [0.15, 0.2) is 18.2 Å². The fourth-order valence-electron chi connectivity index (χ4n) is 2.73. The molecule has 3 rings (SSSR count). The van der Waals surface area contributed by atoms with Gasteiger partial charge in [-0.1, -0.05) is 0 Å². The van der Waals surface area contributed by atoms with Crippen LogP contribution in [-0.4, -0.2) is 16.9 Å². The molecule has 4 N–H and O–H groups in total. The van der Waals surface area contributed by atoms with Crippen LogP contribution in [0.1, 0.15) is 37.6 Å². The van der Waals surface area contributed by atoms with Crippen LogP contribution < -0.4 is 16.4 Å². The predicted molar refractivity (Wildman–Crippen MR) is 120 cm³/mol. The summed E-state index contributed by atoms with van der Waals surface area (Å²) >= 11 is 11.0. The van der Waals surface area contributed by atoms with Crippen molar-refractivity contribution in [3.05, 3.63) is 46.9 Å². The number of carbonyl (C=O) groups is 2. The lowest BCUT2D eigenvalue weighted by Gasteiger charge is -2.11. The summed E-state index contributed by atoms with van der Waals surface area (Å²) < 4.78 is 1.80. The topological polar surface area (TPSA) is 84.2 Å². The number of benzene rings is 1. The maximum Gasteiger partial charge on any atom is 0.258 e. The Balaban J connectivity index is 1.76. The molecule has 0 saturated heterocycles. The summed E-state index contributed by atoms with van der Waals surface area (Å²) in [5.41, 5.74) is 7.60. The lowest BCUT2D eigenvalue weighted by molar-refractivity contribution is 0.0974. The van der Waals surface area contributed by atoms with Gasteiger partial charge in [0, 0.05) is 12.0 Å². The lowest BCUT2D eigenvalue weighted by atomic mass is 10.1. The third-order valence-corrected chi connectivity index (χ3v) is 6.82. The molecule has 9 heteroatoms. The molecular formula is C16H13I2N3O2S2. The Labute approximate surface area is 181 Å². The quantitative estimate of drug-likeness (QED) is 0.373. The van der Waals surface area contributed by atoms with Crippen LogP contribution in [0, 0.1) is 7.14 Å². The number of rotatable bonds is 3. The first-order valence-corrected chi connectivity index (χ1v) is 10.8. The van der Waals surface area contributed by atoms with Gasteiger partial charge < -0.3 is 11.1 Å². The number of aryl methyl sites for hydroxylation is 1. The van der Waals surface area contributed by atoms with E-state index < -0.39 is 5.91 Å². The van der Waals surface area contributed by atoms with Gasteiger partial charge >= 0.3 is 0 Å². The van der Waals surface area contributed by atoms with E-state index in [2.05, 4.69) is 55.8 Å². The highest BCUT2D eigenvalue weighted by Gasteiger charge is 2.26. The number of nitrogens with two attached hydrogens (primary N) is 1. The Morgan fingerprint density at radius 2 is 2.00 bits per heavy atom. The zero-order valence-corrected chi connectivity index (χ0v) is 18.8. The van der Waals surface area contributed by atoms with Crippen LogP contribution in [-0.2, 0) is 12.8 Å². The Morgan fingerprint density at radius 1 is 1.24 bits per heavy atom. The number of fused-ring (bicyclic) bond motifs is 1. The van der Waals surface area contributed by atoms with Gasteiger partial charge in [0.2, 0.25) is 0 Å². The fourth-order valence-corrected chi connectivity index (χ4v) is 5.36. The van der Waals surface area contributed by atoms with Gasteiger partial charge in [-0.2, -0.15) is 0 Å². The second kappa shape index (κ2) is 7.84. The zero-order valence-electron chi connectivity index (χ0n) is 12.8. The van der Waals surface area contributed by atoms with E-state index in [0.717, 1.165) is 36.8 Å². The first-order valence-electron chi connectivity index (χ1n) is 7.38. The van der Waals surface area contributed by atoms with Gasteiger partial charge in [-0.15, -0.1) is 11.3 Å². The molecule has 2 amide bonds. The highest BCUT2D eigenvalue weighted by atomic mass is 127. The summed E-state index contributed by atoms with van der Waals surface area (Å²) in [5, 5.41) is 6.41. The molecule has 0 fully saturated rings. The van der Waals surface area contributed by atoms with Crippen molar-refractivity contribution in [1.29, 1.82) is 0 Å². The number of thiocarbonyl (C=S) groups is 1. The van der Waals surface area contributed by atoms with Gasteiger partial charge in [0.1, 0.15) is 5.00 Å². The zero-order chi connectivity index (χ0) is 18.1. The molecule has 0 spiro atoms. The van der Waals surface area contributed by atoms with Gasteiger partial charge in [0.15, 0.2) is 5.11 Å². The molecule has 0 atom stereocenters. The van der Waals surface area contributed by atoms with E-state index in [1.807, 2.05) is 12.1 Å². The van der Waals surface area contributed by atoms with E-state index in [-0.39, 0.29) is 11.0 Å². The molecule has 0 saturated carbocycles. The van der Waals surface area contributed by atoms with Crippen molar-refractivity contribution in [2.24, 2.45) is 5.73 Å². The average molecular weight is 597 g/mol. The number of hydrogen-bond donors (Lipinski definition) is 3. The summed E-state index contributed by atoms with van der Waals surface area (Å²) in [4.78, 5) is 25.4. The lowest BCUT2D eigenvalue weighted by Crippen LogP contribution is -2.35. The molecule has 1 aliphatic carbocycles. The van der Waals surface area contributed by atoms with Crippen LogP contribution in [0.5, 0.6) is 0 Å². The largest absolute Gasteiger partial charge is 0.365 e. The van der Waals surface area contributed by atoms with Crippen LogP contribution in [0.4, 0.5) is 5.00 Å². The van der Waals surface area contributed by atoms with Gasteiger partial charge in [-0.05, 0) is 100 Å². The number of carbonyl (C=O) groups excluding carboxylic acids is 2. The highest BCUT2D eigenvalue weighted by molar-refractivity contribution is 14.1. The van der Waals surface area contributed by atoms with Gasteiger partial charge in [-0.25, -0.2) is 0 Å². The standard InChI is InChI=1S/C16H13I2N3O2S2/c17-7-4-5-10(18)9(6-7)14(23)20-16(24)21-15-12(13(19)22)8-2-1-3-11(8)25-15/h4-6H,1-3H2,(H2,19,22)(H2,20,21,23,24). The Hall–Kier alpha value is -0.790. The molecule has 2 aromatic rings. The van der Waals surface area contributed by atoms with Crippen LogP contribution in [0.3, 0.4) is 0 Å². The number of nitrogens with one attached hydrogen (secondary N) is 2. The third kappa shape index (κ3) is 4.14. The van der Waals surface area contributed by atoms with Crippen LogP contribution in [0.2, 0.25) is 0 Å². The van der Waals surface area contributed by atoms with Crippen LogP contribution >= 0.6 is 68.7 Å². The Morgan fingerprint density at radius 3 is 2.72 bits per heavy atom. The molecule has 0 aliphatic heterocycles. The smallest absolute Gasteiger partial charge is 0.258 e. The molecule has 25 heavy (non-hydrogen) atoms. The van der Waals surface area contributed by atoms with Crippen molar-refractivity contribution in [1.82, 2.24) is 5.32 Å². The summed E-state index contributed by atoms with van der Waals surface area (Å²) in [6.07, 6.45) is 2.83. The minimum absolute atomic E-state index is 0.155. The van der Waals surface area contributed by atoms with E-state index in [9.17, 15) is 9.59 Å². The maximum absolute atomic E-state index is 12.4. The first kappa shape index (κ1) is 19.0. The second-order valence-electron chi connectivity index (χ2n) is 5.46. The highest BCUT2D eigenvalue weighted by Crippen LogP contribution is 2.38. The fraction of sp³-hybridized carbons (Fsp3) is 0.188. The maximum atomic E-state index is 12.4. The molecule has 0 bridgehead atoms.